The van der Waals surface area contributed by atoms with Crippen molar-refractivity contribution in [1.82, 2.24) is 5.32 Å². The summed E-state index contributed by atoms with van der Waals surface area (Å²) >= 11 is 0. The lowest BCUT2D eigenvalue weighted by molar-refractivity contribution is -0.140. The number of carbonyl (C=O) groups excluding carboxylic acids is 1. The maximum absolute atomic E-state index is 11.2. The predicted octanol–water partition coefficient (Wildman–Crippen LogP) is -0.792. The van der Waals surface area contributed by atoms with E-state index >= 15 is 0 Å². The first-order valence-electron chi connectivity index (χ1n) is 4.37. The van der Waals surface area contributed by atoms with Crippen molar-refractivity contribution in [2.24, 2.45) is 11.5 Å². The summed E-state index contributed by atoms with van der Waals surface area (Å²) in [4.78, 5) is 21.8. The zero-order valence-corrected chi connectivity index (χ0v) is 8.98. The Morgan fingerprint density at radius 2 is 1.80 bits per heavy atom. The van der Waals surface area contributed by atoms with Crippen molar-refractivity contribution in [1.29, 1.82) is 0 Å². The molecule has 0 aromatic carbocycles. The van der Waals surface area contributed by atoms with Crippen LogP contribution in [0.4, 0.5) is 4.79 Å². The molecule has 0 rings (SSSR count). The molecule has 0 saturated heterocycles. The van der Waals surface area contributed by atoms with Crippen LogP contribution in [0, 0.1) is 0 Å². The number of nitrogens with one attached hydrogen (secondary N) is 1. The Morgan fingerprint density at radius 3 is 2.07 bits per heavy atom. The highest BCUT2D eigenvalue weighted by atomic mass is 16.6. The smallest absolute Gasteiger partial charge is 0.408 e. The van der Waals surface area contributed by atoms with E-state index in [1.54, 1.807) is 20.8 Å². The Morgan fingerprint density at radius 1 is 1.33 bits per heavy atom. The van der Waals surface area contributed by atoms with Gasteiger partial charge in [-0.25, -0.2) is 9.59 Å². The molecule has 0 heterocycles. The number of amides is 1. The van der Waals surface area contributed by atoms with E-state index in [9.17, 15) is 9.59 Å². The van der Waals surface area contributed by atoms with E-state index in [1.165, 1.54) is 0 Å². The minimum absolute atomic E-state index is 0.703. The van der Waals surface area contributed by atoms with Gasteiger partial charge in [0.05, 0.1) is 6.17 Å². The molecule has 0 aromatic heterocycles. The molecule has 0 radical (unpaired) electrons. The molecule has 0 unspecified atom stereocenters. The average molecular weight is 219 g/mol. The minimum Gasteiger partial charge on any atom is -0.480 e. The summed E-state index contributed by atoms with van der Waals surface area (Å²) in [6, 6.07) is -1.36. The first-order valence-corrected chi connectivity index (χ1v) is 4.37. The number of aliphatic carboxylic acids is 1. The van der Waals surface area contributed by atoms with Gasteiger partial charge in [-0.15, -0.1) is 0 Å². The topological polar surface area (TPSA) is 128 Å². The molecule has 0 bridgehead atoms. The van der Waals surface area contributed by atoms with Gasteiger partial charge in [0.2, 0.25) is 0 Å². The molecule has 6 N–H and O–H groups in total. The Balaban J connectivity index is 4.31. The van der Waals surface area contributed by atoms with E-state index in [2.05, 4.69) is 5.32 Å². The van der Waals surface area contributed by atoms with E-state index in [0.717, 1.165) is 0 Å². The molecule has 1 atom stereocenters. The van der Waals surface area contributed by atoms with Crippen LogP contribution in [-0.2, 0) is 9.53 Å². The lowest BCUT2D eigenvalue weighted by Crippen LogP contribution is -2.57. The number of carboxylic acids is 1. The number of hydrogen-bond donors (Lipinski definition) is 4. The molecule has 15 heavy (non-hydrogen) atoms. The van der Waals surface area contributed by atoms with E-state index < -0.39 is 29.9 Å². The largest absolute Gasteiger partial charge is 0.480 e. The Bertz CT molecular complexity index is 247. The Kier molecular flexibility index (Phi) is 4.50. The summed E-state index contributed by atoms with van der Waals surface area (Å²) in [5, 5.41) is 10.7. The molecule has 0 aliphatic carbocycles. The van der Waals surface area contributed by atoms with Crippen LogP contribution in [0.2, 0.25) is 0 Å². The van der Waals surface area contributed by atoms with Crippen LogP contribution < -0.4 is 16.8 Å². The summed E-state index contributed by atoms with van der Waals surface area (Å²) in [5.41, 5.74) is 9.65. The SMILES string of the molecule is CC(C)(C)OC(=O)N[C@H](C(=O)O)C(N)N. The van der Waals surface area contributed by atoms with Crippen molar-refractivity contribution in [2.45, 2.75) is 38.6 Å². The second kappa shape index (κ2) is 4.94. The number of ether oxygens (including phenoxy) is 1. The average Bonchev–Trinajstić information content (AvgIpc) is 1.95. The number of hydrogen-bond acceptors (Lipinski definition) is 5. The fraction of sp³-hybridized carbons (Fsp3) is 0.750. The van der Waals surface area contributed by atoms with E-state index in [-0.39, 0.29) is 0 Å². The van der Waals surface area contributed by atoms with Crippen LogP contribution in [-0.4, -0.2) is 35.0 Å². The van der Waals surface area contributed by atoms with Gasteiger partial charge in [-0.05, 0) is 20.8 Å². The van der Waals surface area contributed by atoms with Gasteiger partial charge in [-0.1, -0.05) is 0 Å². The van der Waals surface area contributed by atoms with E-state index in [1.807, 2.05) is 0 Å². The molecule has 88 valence electrons. The maximum Gasteiger partial charge on any atom is 0.408 e. The molecule has 0 aliphatic rings. The van der Waals surface area contributed by atoms with Crippen LogP contribution in [0.1, 0.15) is 20.8 Å². The molecule has 7 nitrogen and oxygen atoms in total. The molecule has 1 amide bonds. The zero-order valence-electron chi connectivity index (χ0n) is 8.98. The molecule has 0 fully saturated rings. The van der Waals surface area contributed by atoms with Crippen LogP contribution >= 0.6 is 0 Å². The molecular formula is C8H17N3O4. The fourth-order valence-electron chi connectivity index (χ4n) is 0.757. The molecule has 0 aromatic rings. The third-order valence-electron chi connectivity index (χ3n) is 1.32. The van der Waals surface area contributed by atoms with Crippen molar-refractivity contribution >= 4 is 12.1 Å². The summed E-state index contributed by atoms with van der Waals surface area (Å²) in [6.45, 7) is 4.97. The summed E-state index contributed by atoms with van der Waals surface area (Å²) in [6.07, 6.45) is -2.05. The van der Waals surface area contributed by atoms with E-state index in [0.29, 0.717) is 0 Å². The highest BCUT2D eigenvalue weighted by Gasteiger charge is 2.26. The van der Waals surface area contributed by atoms with Gasteiger partial charge in [0, 0.05) is 0 Å². The van der Waals surface area contributed by atoms with Crippen LogP contribution in [0.3, 0.4) is 0 Å². The van der Waals surface area contributed by atoms with Crippen LogP contribution in [0.5, 0.6) is 0 Å². The molecule has 0 aliphatic heterocycles. The van der Waals surface area contributed by atoms with Crippen LogP contribution in [0.25, 0.3) is 0 Å². The van der Waals surface area contributed by atoms with Gasteiger partial charge in [0.25, 0.3) is 0 Å². The van der Waals surface area contributed by atoms with Gasteiger partial charge in [0.15, 0.2) is 6.04 Å². The maximum atomic E-state index is 11.2. The number of alkyl carbamates (subject to hydrolysis) is 1. The van der Waals surface area contributed by atoms with E-state index in [4.69, 9.17) is 21.3 Å². The first kappa shape index (κ1) is 13.7. The third-order valence-corrected chi connectivity index (χ3v) is 1.32. The Hall–Kier alpha value is -1.34. The van der Waals surface area contributed by atoms with Crippen molar-refractivity contribution in [3.05, 3.63) is 0 Å². The monoisotopic (exact) mass is 219 g/mol. The van der Waals surface area contributed by atoms with Gasteiger partial charge in [0.1, 0.15) is 5.60 Å². The second-order valence-electron chi connectivity index (χ2n) is 4.04. The lowest BCUT2D eigenvalue weighted by atomic mass is 10.2. The molecule has 7 heteroatoms. The third kappa shape index (κ3) is 5.87. The lowest BCUT2D eigenvalue weighted by Gasteiger charge is -2.23. The van der Waals surface area contributed by atoms with Crippen molar-refractivity contribution in [2.75, 3.05) is 0 Å². The molecule has 0 spiro atoms. The fourth-order valence-corrected chi connectivity index (χ4v) is 0.757. The van der Waals surface area contributed by atoms with Crippen LogP contribution in [0.15, 0.2) is 0 Å². The number of rotatable bonds is 3. The molecular weight excluding hydrogens is 202 g/mol. The summed E-state index contributed by atoms with van der Waals surface area (Å²) in [7, 11) is 0. The summed E-state index contributed by atoms with van der Waals surface area (Å²) < 4.78 is 4.84. The summed E-state index contributed by atoms with van der Waals surface area (Å²) in [5.74, 6) is -1.31. The van der Waals surface area contributed by atoms with Crippen molar-refractivity contribution in [3.63, 3.8) is 0 Å². The second-order valence-corrected chi connectivity index (χ2v) is 4.04. The van der Waals surface area contributed by atoms with Gasteiger partial charge >= 0.3 is 12.1 Å². The Labute approximate surface area is 87.8 Å². The quantitative estimate of drug-likeness (QED) is 0.460. The normalized spacial score (nSPS) is 13.5. The molecule has 0 saturated carbocycles. The standard InChI is InChI=1S/C8H17N3O4/c1-8(2,3)15-7(14)11-4(5(9)10)6(12)13/h4-5H,9-10H2,1-3H3,(H,11,14)(H,12,13)/t4-/m0/s1. The number of carboxylic acid groups (broad SMARTS) is 1. The number of carbonyl (C=O) groups is 2. The predicted molar refractivity (Wildman–Crippen MR) is 53.0 cm³/mol. The minimum atomic E-state index is -1.36. The zero-order chi connectivity index (χ0) is 12.2. The van der Waals surface area contributed by atoms with Gasteiger partial charge in [-0.3, -0.25) is 0 Å². The first-order chi connectivity index (χ1) is 6.63. The highest BCUT2D eigenvalue weighted by molar-refractivity contribution is 5.80. The highest BCUT2D eigenvalue weighted by Crippen LogP contribution is 2.06. The van der Waals surface area contributed by atoms with Gasteiger partial charge < -0.3 is 26.6 Å². The van der Waals surface area contributed by atoms with Crippen molar-refractivity contribution in [3.8, 4) is 0 Å². The van der Waals surface area contributed by atoms with Crippen molar-refractivity contribution < 1.29 is 19.4 Å². The van der Waals surface area contributed by atoms with Gasteiger partial charge in [-0.2, -0.15) is 0 Å². The number of nitrogens with two attached hydrogens (primary N) is 2.